The molecule has 19 heavy (non-hydrogen) atoms. The van der Waals surface area contributed by atoms with E-state index in [0.717, 1.165) is 0 Å². The van der Waals surface area contributed by atoms with Crippen LogP contribution >= 0.6 is 0 Å². The predicted molar refractivity (Wildman–Crippen MR) is 69.5 cm³/mol. The van der Waals surface area contributed by atoms with Gasteiger partial charge in [-0.2, -0.15) is 0 Å². The van der Waals surface area contributed by atoms with Crippen LogP contribution in [0.3, 0.4) is 0 Å². The minimum Gasteiger partial charge on any atom is -0.384 e. The third kappa shape index (κ3) is 4.37. The average molecular weight is 282 g/mol. The van der Waals surface area contributed by atoms with Gasteiger partial charge in [0.25, 0.3) is 0 Å². The molecule has 6 nitrogen and oxygen atoms in total. The van der Waals surface area contributed by atoms with Crippen LogP contribution in [0.15, 0.2) is 23.1 Å². The summed E-state index contributed by atoms with van der Waals surface area (Å²) in [5.41, 5.74) is 5.87. The molecule has 0 fully saturated rings. The molecule has 1 amide bonds. The zero-order chi connectivity index (χ0) is 14.5. The summed E-state index contributed by atoms with van der Waals surface area (Å²) in [5.74, 6) is 4.28. The molecule has 0 aliphatic heterocycles. The second-order valence-electron chi connectivity index (χ2n) is 3.73. The van der Waals surface area contributed by atoms with Crippen molar-refractivity contribution in [2.45, 2.75) is 11.8 Å². The Bertz CT molecular complexity index is 641. The molecule has 0 radical (unpaired) electrons. The van der Waals surface area contributed by atoms with Gasteiger partial charge in [-0.1, -0.05) is 17.9 Å². The summed E-state index contributed by atoms with van der Waals surface area (Å²) in [6.07, 6.45) is 0. The second kappa shape index (κ2) is 6.33. The maximum absolute atomic E-state index is 12.0. The molecule has 0 spiro atoms. The van der Waals surface area contributed by atoms with Crippen molar-refractivity contribution < 1.29 is 18.3 Å². The second-order valence-corrected chi connectivity index (χ2v) is 5.47. The normalized spacial score (nSPS) is 10.6. The number of benzene rings is 1. The van der Waals surface area contributed by atoms with E-state index in [-0.39, 0.29) is 11.5 Å². The number of hydrogen-bond acceptors (Lipinski definition) is 4. The quantitative estimate of drug-likeness (QED) is 0.622. The molecule has 0 aliphatic rings. The van der Waals surface area contributed by atoms with Gasteiger partial charge in [0.15, 0.2) is 0 Å². The molecule has 0 saturated carbocycles. The van der Waals surface area contributed by atoms with Crippen molar-refractivity contribution in [1.29, 1.82) is 0 Å². The van der Waals surface area contributed by atoms with Gasteiger partial charge in [0, 0.05) is 5.56 Å². The molecule has 0 bridgehead atoms. The number of aryl methyl sites for hydroxylation is 1. The minimum atomic E-state index is -3.81. The smallest absolute Gasteiger partial charge is 0.241 e. The number of nitrogens with one attached hydrogen (secondary N) is 1. The van der Waals surface area contributed by atoms with Gasteiger partial charge in [0.05, 0.1) is 11.4 Å². The fourth-order valence-corrected chi connectivity index (χ4v) is 2.61. The average Bonchev–Trinajstić information content (AvgIpc) is 2.35. The Hall–Kier alpha value is -1.88. The Labute approximate surface area is 111 Å². The number of carbonyl (C=O) groups excluding carboxylic acids is 1. The third-order valence-electron chi connectivity index (χ3n) is 2.23. The van der Waals surface area contributed by atoms with Crippen LogP contribution < -0.4 is 10.5 Å². The van der Waals surface area contributed by atoms with E-state index in [2.05, 4.69) is 16.6 Å². The summed E-state index contributed by atoms with van der Waals surface area (Å²) in [7, 11) is -3.81. The first-order valence-electron chi connectivity index (χ1n) is 5.35. The molecule has 0 aliphatic carbocycles. The van der Waals surface area contributed by atoms with Gasteiger partial charge in [0.1, 0.15) is 6.61 Å². The highest BCUT2D eigenvalue weighted by Crippen LogP contribution is 2.16. The SMILES string of the molecule is Cc1ccc(C#CCO)cc1S(=O)(=O)NCC(N)=O. The van der Waals surface area contributed by atoms with Crippen LogP contribution in [-0.4, -0.2) is 32.6 Å². The number of aliphatic hydroxyl groups excluding tert-OH is 1. The van der Waals surface area contributed by atoms with Gasteiger partial charge in [-0.15, -0.1) is 0 Å². The van der Waals surface area contributed by atoms with E-state index in [1.807, 2.05) is 0 Å². The highest BCUT2D eigenvalue weighted by Gasteiger charge is 2.17. The topological polar surface area (TPSA) is 109 Å². The summed E-state index contributed by atoms with van der Waals surface area (Å²) < 4.78 is 26.0. The lowest BCUT2D eigenvalue weighted by atomic mass is 10.1. The van der Waals surface area contributed by atoms with E-state index in [0.29, 0.717) is 11.1 Å². The maximum atomic E-state index is 12.0. The monoisotopic (exact) mass is 282 g/mol. The number of nitrogens with two attached hydrogens (primary N) is 1. The molecule has 0 aromatic heterocycles. The van der Waals surface area contributed by atoms with Crippen molar-refractivity contribution in [3.05, 3.63) is 29.3 Å². The number of aliphatic hydroxyl groups is 1. The van der Waals surface area contributed by atoms with E-state index >= 15 is 0 Å². The van der Waals surface area contributed by atoms with Crippen molar-refractivity contribution >= 4 is 15.9 Å². The van der Waals surface area contributed by atoms with Crippen LogP contribution in [0.4, 0.5) is 0 Å². The first-order valence-corrected chi connectivity index (χ1v) is 6.83. The van der Waals surface area contributed by atoms with Gasteiger partial charge < -0.3 is 10.8 Å². The minimum absolute atomic E-state index is 0.0264. The lowest BCUT2D eigenvalue weighted by Gasteiger charge is -2.08. The fourth-order valence-electron chi connectivity index (χ4n) is 1.35. The van der Waals surface area contributed by atoms with Gasteiger partial charge in [0.2, 0.25) is 15.9 Å². The van der Waals surface area contributed by atoms with Gasteiger partial charge in [-0.25, -0.2) is 13.1 Å². The number of sulfonamides is 1. The zero-order valence-electron chi connectivity index (χ0n) is 10.3. The molecule has 102 valence electrons. The Kier molecular flexibility index (Phi) is 5.06. The Morgan fingerprint density at radius 3 is 2.74 bits per heavy atom. The number of rotatable bonds is 4. The number of primary amides is 1. The molecule has 7 heteroatoms. The van der Waals surface area contributed by atoms with E-state index < -0.39 is 22.5 Å². The molecular weight excluding hydrogens is 268 g/mol. The predicted octanol–water partition coefficient (Wildman–Crippen LogP) is -0.898. The van der Waals surface area contributed by atoms with Gasteiger partial charge in [-0.3, -0.25) is 4.79 Å². The highest BCUT2D eigenvalue weighted by molar-refractivity contribution is 7.89. The van der Waals surface area contributed by atoms with Crippen LogP contribution in [0.2, 0.25) is 0 Å². The van der Waals surface area contributed by atoms with E-state index in [9.17, 15) is 13.2 Å². The first-order chi connectivity index (χ1) is 8.86. The maximum Gasteiger partial charge on any atom is 0.241 e. The number of hydrogen-bond donors (Lipinski definition) is 3. The molecule has 0 heterocycles. The highest BCUT2D eigenvalue weighted by atomic mass is 32.2. The van der Waals surface area contributed by atoms with Crippen molar-refractivity contribution in [2.75, 3.05) is 13.2 Å². The van der Waals surface area contributed by atoms with E-state index in [1.165, 1.54) is 6.07 Å². The largest absolute Gasteiger partial charge is 0.384 e. The van der Waals surface area contributed by atoms with Gasteiger partial charge >= 0.3 is 0 Å². The number of amides is 1. The number of carbonyl (C=O) groups is 1. The van der Waals surface area contributed by atoms with E-state index in [4.69, 9.17) is 10.8 Å². The molecule has 0 atom stereocenters. The van der Waals surface area contributed by atoms with Crippen LogP contribution in [0.1, 0.15) is 11.1 Å². The van der Waals surface area contributed by atoms with Gasteiger partial charge in [-0.05, 0) is 24.6 Å². The zero-order valence-corrected chi connectivity index (χ0v) is 11.1. The molecule has 1 aromatic rings. The van der Waals surface area contributed by atoms with Crippen LogP contribution in [0, 0.1) is 18.8 Å². The van der Waals surface area contributed by atoms with Crippen molar-refractivity contribution in [1.82, 2.24) is 4.72 Å². The molecule has 0 saturated heterocycles. The third-order valence-corrected chi connectivity index (χ3v) is 3.77. The summed E-state index contributed by atoms with van der Waals surface area (Å²) >= 11 is 0. The Balaban J connectivity index is 3.14. The Morgan fingerprint density at radius 1 is 1.47 bits per heavy atom. The molecule has 0 unspecified atom stereocenters. The lowest BCUT2D eigenvalue weighted by Crippen LogP contribution is -2.33. The van der Waals surface area contributed by atoms with Crippen LogP contribution in [-0.2, 0) is 14.8 Å². The van der Waals surface area contributed by atoms with Crippen molar-refractivity contribution in [3.63, 3.8) is 0 Å². The molecule has 4 N–H and O–H groups in total. The van der Waals surface area contributed by atoms with Crippen molar-refractivity contribution in [3.8, 4) is 11.8 Å². The van der Waals surface area contributed by atoms with Crippen LogP contribution in [0.25, 0.3) is 0 Å². The van der Waals surface area contributed by atoms with Crippen LogP contribution in [0.5, 0.6) is 0 Å². The lowest BCUT2D eigenvalue weighted by molar-refractivity contribution is -0.116. The first kappa shape index (κ1) is 15.2. The molecular formula is C12H14N2O4S. The fraction of sp³-hybridized carbons (Fsp3) is 0.250. The molecule has 1 aromatic carbocycles. The summed E-state index contributed by atoms with van der Waals surface area (Å²) in [5, 5.41) is 8.60. The standard InChI is InChI=1S/C12H14N2O4S/c1-9-4-5-10(3-2-6-15)7-11(9)19(17,18)14-8-12(13)16/h4-5,7,14-15H,6,8H2,1H3,(H2,13,16). The molecule has 1 rings (SSSR count). The van der Waals surface area contributed by atoms with Crippen molar-refractivity contribution in [2.24, 2.45) is 5.73 Å². The Morgan fingerprint density at radius 2 is 2.16 bits per heavy atom. The summed E-state index contributed by atoms with van der Waals surface area (Å²) in [6.45, 7) is 0.853. The summed E-state index contributed by atoms with van der Waals surface area (Å²) in [6, 6.07) is 4.62. The summed E-state index contributed by atoms with van der Waals surface area (Å²) in [4.78, 5) is 10.6. The van der Waals surface area contributed by atoms with E-state index in [1.54, 1.807) is 19.1 Å².